The number of nitrogen functional groups attached to an aromatic ring is 1. The number of nitrogens with one attached hydrogen (secondary N) is 1. The fourth-order valence-electron chi connectivity index (χ4n) is 1.81. The second-order valence-corrected chi connectivity index (χ2v) is 6.34. The molecular weight excluding hydrogens is 451 g/mol. The van der Waals surface area contributed by atoms with Gasteiger partial charge in [0, 0.05) is 16.2 Å². The Kier molecular flexibility index (Phi) is 5.12. The van der Waals surface area contributed by atoms with Crippen LogP contribution in [-0.2, 0) is 6.54 Å². The summed E-state index contributed by atoms with van der Waals surface area (Å²) in [4.78, 5) is 27.8. The molecule has 0 saturated carbocycles. The first-order chi connectivity index (χ1) is 9.93. The zero-order valence-corrected chi connectivity index (χ0v) is 14.8. The van der Waals surface area contributed by atoms with E-state index < -0.39 is 0 Å². The maximum atomic E-state index is 12.1. The van der Waals surface area contributed by atoms with Crippen LogP contribution in [0.2, 0.25) is 0 Å². The number of hydrogen-bond acceptors (Lipinski definition) is 4. The minimum atomic E-state index is -0.369. The number of hydrazine groups is 1. The van der Waals surface area contributed by atoms with Crippen LogP contribution in [0.5, 0.6) is 0 Å². The molecular formula is C13H12BrIN4O2. The Hall–Kier alpha value is -1.26. The molecule has 110 valence electrons. The normalized spacial score (nSPS) is 10.5. The SMILES string of the molecule is Cc1ncc(I)c(=O)n1Cc1ccc(C(=O)NN)cc1Br. The first-order valence-corrected chi connectivity index (χ1v) is 7.82. The molecule has 3 N–H and O–H groups in total. The smallest absolute Gasteiger partial charge is 0.267 e. The Morgan fingerprint density at radius 3 is 2.86 bits per heavy atom. The zero-order valence-electron chi connectivity index (χ0n) is 11.1. The molecule has 2 aromatic rings. The number of aryl methyl sites for hydroxylation is 1. The van der Waals surface area contributed by atoms with Gasteiger partial charge in [0.1, 0.15) is 5.82 Å². The van der Waals surface area contributed by atoms with E-state index in [2.05, 4.69) is 26.3 Å². The molecule has 0 aliphatic carbocycles. The van der Waals surface area contributed by atoms with Gasteiger partial charge in [-0.2, -0.15) is 0 Å². The Morgan fingerprint density at radius 2 is 2.24 bits per heavy atom. The van der Waals surface area contributed by atoms with Gasteiger partial charge in [0.05, 0.1) is 10.1 Å². The molecule has 0 spiro atoms. The molecule has 2 rings (SSSR count). The summed E-state index contributed by atoms with van der Waals surface area (Å²) < 4.78 is 2.88. The van der Waals surface area contributed by atoms with Gasteiger partial charge >= 0.3 is 0 Å². The average molecular weight is 463 g/mol. The van der Waals surface area contributed by atoms with Crippen molar-refractivity contribution in [2.45, 2.75) is 13.5 Å². The molecule has 21 heavy (non-hydrogen) atoms. The number of halogens is 2. The van der Waals surface area contributed by atoms with E-state index >= 15 is 0 Å². The van der Waals surface area contributed by atoms with Gasteiger partial charge in [-0.15, -0.1) is 0 Å². The lowest BCUT2D eigenvalue weighted by molar-refractivity contribution is 0.0953. The van der Waals surface area contributed by atoms with Gasteiger partial charge in [-0.05, 0) is 47.2 Å². The lowest BCUT2D eigenvalue weighted by atomic mass is 10.1. The number of rotatable bonds is 3. The molecule has 0 unspecified atom stereocenters. The second kappa shape index (κ2) is 6.67. The zero-order chi connectivity index (χ0) is 15.6. The molecule has 0 saturated heterocycles. The fourth-order valence-corrected chi connectivity index (χ4v) is 2.74. The summed E-state index contributed by atoms with van der Waals surface area (Å²) in [5.74, 6) is 5.37. The standard InChI is InChI=1S/C13H12BrIN4O2/c1-7-17-5-11(15)13(21)19(7)6-9-3-2-8(4-10(9)14)12(20)18-16/h2-5H,6,16H2,1H3,(H,18,20). The highest BCUT2D eigenvalue weighted by atomic mass is 127. The number of benzene rings is 1. The summed E-state index contributed by atoms with van der Waals surface area (Å²) in [6, 6.07) is 5.10. The van der Waals surface area contributed by atoms with Crippen molar-refractivity contribution >= 4 is 44.4 Å². The van der Waals surface area contributed by atoms with Gasteiger partial charge in [0.15, 0.2) is 0 Å². The summed E-state index contributed by atoms with van der Waals surface area (Å²) >= 11 is 5.37. The van der Waals surface area contributed by atoms with Crippen LogP contribution in [0.25, 0.3) is 0 Å². The highest BCUT2D eigenvalue weighted by Gasteiger charge is 2.10. The van der Waals surface area contributed by atoms with Crippen LogP contribution in [0.1, 0.15) is 21.7 Å². The van der Waals surface area contributed by atoms with E-state index in [0.29, 0.717) is 21.5 Å². The van der Waals surface area contributed by atoms with Crippen LogP contribution in [0.15, 0.2) is 33.7 Å². The summed E-state index contributed by atoms with van der Waals surface area (Å²) in [5, 5.41) is 0. The molecule has 1 amide bonds. The van der Waals surface area contributed by atoms with E-state index in [1.165, 1.54) is 0 Å². The van der Waals surface area contributed by atoms with Crippen LogP contribution in [0.3, 0.4) is 0 Å². The van der Waals surface area contributed by atoms with Crippen LogP contribution in [-0.4, -0.2) is 15.5 Å². The summed E-state index contributed by atoms with van der Waals surface area (Å²) in [5.41, 5.74) is 3.31. The van der Waals surface area contributed by atoms with Crippen molar-refractivity contribution in [3.63, 3.8) is 0 Å². The van der Waals surface area contributed by atoms with Gasteiger partial charge in [-0.3, -0.25) is 19.6 Å². The van der Waals surface area contributed by atoms with E-state index in [1.807, 2.05) is 22.6 Å². The Balaban J connectivity index is 2.40. The van der Waals surface area contributed by atoms with Gasteiger partial charge in [0.2, 0.25) is 0 Å². The molecule has 0 fully saturated rings. The maximum absolute atomic E-state index is 12.1. The molecule has 0 aliphatic rings. The molecule has 0 radical (unpaired) electrons. The molecule has 1 aromatic heterocycles. The minimum Gasteiger partial charge on any atom is -0.291 e. The minimum absolute atomic E-state index is 0.0845. The third kappa shape index (κ3) is 3.50. The monoisotopic (exact) mass is 462 g/mol. The number of aromatic nitrogens is 2. The largest absolute Gasteiger partial charge is 0.291 e. The van der Waals surface area contributed by atoms with Gasteiger partial charge < -0.3 is 0 Å². The Labute approximate surface area is 143 Å². The molecule has 0 aliphatic heterocycles. The second-order valence-electron chi connectivity index (χ2n) is 4.32. The Morgan fingerprint density at radius 1 is 1.52 bits per heavy atom. The Bertz CT molecular complexity index is 760. The number of hydrogen-bond donors (Lipinski definition) is 2. The first-order valence-electron chi connectivity index (χ1n) is 5.95. The number of amides is 1. The predicted molar refractivity (Wildman–Crippen MR) is 90.8 cm³/mol. The number of carbonyl (C=O) groups is 1. The quantitative estimate of drug-likeness (QED) is 0.313. The van der Waals surface area contributed by atoms with E-state index in [4.69, 9.17) is 5.84 Å². The highest BCUT2D eigenvalue weighted by Crippen LogP contribution is 2.20. The molecule has 0 atom stereocenters. The summed E-state index contributed by atoms with van der Waals surface area (Å²) in [6.45, 7) is 2.15. The molecule has 8 heteroatoms. The predicted octanol–water partition coefficient (Wildman–Crippen LogP) is 1.57. The summed E-state index contributed by atoms with van der Waals surface area (Å²) in [7, 11) is 0. The van der Waals surface area contributed by atoms with E-state index in [0.717, 1.165) is 10.0 Å². The van der Waals surface area contributed by atoms with E-state index in [9.17, 15) is 9.59 Å². The maximum Gasteiger partial charge on any atom is 0.267 e. The van der Waals surface area contributed by atoms with Crippen LogP contribution in [0, 0.1) is 10.5 Å². The number of nitrogens with two attached hydrogens (primary N) is 1. The van der Waals surface area contributed by atoms with Crippen LogP contribution in [0.4, 0.5) is 0 Å². The number of nitrogens with zero attached hydrogens (tertiary/aromatic N) is 2. The van der Waals surface area contributed by atoms with Crippen LogP contribution < -0.4 is 16.8 Å². The van der Waals surface area contributed by atoms with Crippen molar-refractivity contribution in [2.24, 2.45) is 5.84 Å². The fraction of sp³-hybridized carbons (Fsp3) is 0.154. The van der Waals surface area contributed by atoms with E-state index in [1.54, 1.807) is 35.9 Å². The summed E-state index contributed by atoms with van der Waals surface area (Å²) in [6.07, 6.45) is 1.55. The topological polar surface area (TPSA) is 90.0 Å². The lowest BCUT2D eigenvalue weighted by Gasteiger charge is -2.11. The molecule has 1 heterocycles. The molecule has 6 nitrogen and oxygen atoms in total. The van der Waals surface area contributed by atoms with Crippen LogP contribution >= 0.6 is 38.5 Å². The van der Waals surface area contributed by atoms with Crippen molar-refractivity contribution in [1.29, 1.82) is 0 Å². The van der Waals surface area contributed by atoms with Crippen molar-refractivity contribution in [2.75, 3.05) is 0 Å². The number of carbonyl (C=O) groups excluding carboxylic acids is 1. The van der Waals surface area contributed by atoms with Gasteiger partial charge in [0.25, 0.3) is 11.5 Å². The van der Waals surface area contributed by atoms with Crippen molar-refractivity contribution in [3.05, 3.63) is 59.7 Å². The third-order valence-electron chi connectivity index (χ3n) is 2.98. The van der Waals surface area contributed by atoms with E-state index in [-0.39, 0.29) is 11.5 Å². The highest BCUT2D eigenvalue weighted by molar-refractivity contribution is 14.1. The van der Waals surface area contributed by atoms with Crippen molar-refractivity contribution in [3.8, 4) is 0 Å². The molecule has 1 aromatic carbocycles. The van der Waals surface area contributed by atoms with Gasteiger partial charge in [-0.1, -0.05) is 22.0 Å². The third-order valence-corrected chi connectivity index (χ3v) is 4.46. The first kappa shape index (κ1) is 16.1. The van der Waals surface area contributed by atoms with Gasteiger partial charge in [-0.25, -0.2) is 10.8 Å². The van der Waals surface area contributed by atoms with Crippen molar-refractivity contribution in [1.82, 2.24) is 15.0 Å². The lowest BCUT2D eigenvalue weighted by Crippen LogP contribution is -2.30. The average Bonchev–Trinajstić information content (AvgIpc) is 2.48. The molecule has 0 bridgehead atoms. The van der Waals surface area contributed by atoms with Crippen molar-refractivity contribution < 1.29 is 4.79 Å².